The van der Waals surface area contributed by atoms with E-state index in [-0.39, 0.29) is 22.5 Å². The predicted molar refractivity (Wildman–Crippen MR) is 82.0 cm³/mol. The molecule has 0 saturated carbocycles. The van der Waals surface area contributed by atoms with Crippen LogP contribution in [0, 0.1) is 0 Å². The molecule has 1 unspecified atom stereocenters. The molecular weight excluding hydrogens is 310 g/mol. The minimum Gasteiger partial charge on any atom is -0.375 e. The van der Waals surface area contributed by atoms with Gasteiger partial charge in [-0.3, -0.25) is 4.79 Å². The summed E-state index contributed by atoms with van der Waals surface area (Å²) >= 11 is 1.20. The van der Waals surface area contributed by atoms with Crippen molar-refractivity contribution in [2.24, 2.45) is 0 Å². The molecule has 8 heteroatoms. The number of nitrogen functional groups attached to an aromatic ring is 1. The Hall–Kier alpha value is -1.93. The third-order valence-corrected chi connectivity index (χ3v) is 4.71. The molecule has 0 bridgehead atoms. The van der Waals surface area contributed by atoms with Crippen LogP contribution in [0.5, 0.6) is 0 Å². The lowest BCUT2D eigenvalue weighted by atomic mass is 10.1. The van der Waals surface area contributed by atoms with E-state index in [0.717, 1.165) is 11.8 Å². The molecule has 0 spiro atoms. The average molecular weight is 325 g/mol. The SMILES string of the molecule is CC(NC(=O)c1csc(N)n1)c1ccc(S(C)(=O)=O)cc1. The number of nitrogens with two attached hydrogens (primary N) is 1. The zero-order valence-electron chi connectivity index (χ0n) is 11.5. The van der Waals surface area contributed by atoms with E-state index in [1.807, 2.05) is 6.92 Å². The van der Waals surface area contributed by atoms with Gasteiger partial charge < -0.3 is 11.1 Å². The Labute approximate surface area is 126 Å². The second kappa shape index (κ2) is 5.82. The average Bonchev–Trinajstić information content (AvgIpc) is 2.84. The highest BCUT2D eigenvalue weighted by Gasteiger charge is 2.15. The third-order valence-electron chi connectivity index (χ3n) is 2.91. The van der Waals surface area contributed by atoms with E-state index in [0.29, 0.717) is 5.13 Å². The maximum absolute atomic E-state index is 11.9. The number of amides is 1. The molecule has 6 nitrogen and oxygen atoms in total. The van der Waals surface area contributed by atoms with Gasteiger partial charge in [0.2, 0.25) is 0 Å². The van der Waals surface area contributed by atoms with Crippen LogP contribution >= 0.6 is 11.3 Å². The number of thiazole rings is 1. The van der Waals surface area contributed by atoms with Gasteiger partial charge in [0.05, 0.1) is 10.9 Å². The number of hydrogen-bond donors (Lipinski definition) is 2. The molecule has 21 heavy (non-hydrogen) atoms. The van der Waals surface area contributed by atoms with Gasteiger partial charge in [0.1, 0.15) is 5.69 Å². The summed E-state index contributed by atoms with van der Waals surface area (Å²) in [7, 11) is -3.22. The number of nitrogens with zero attached hydrogens (tertiary/aromatic N) is 1. The zero-order valence-corrected chi connectivity index (χ0v) is 13.2. The predicted octanol–water partition coefficient (Wildman–Crippen LogP) is 1.62. The smallest absolute Gasteiger partial charge is 0.271 e. The van der Waals surface area contributed by atoms with Crippen LogP contribution in [0.1, 0.15) is 29.0 Å². The van der Waals surface area contributed by atoms with Crippen LogP contribution in [0.2, 0.25) is 0 Å². The molecule has 0 fully saturated rings. The molecule has 1 amide bonds. The van der Waals surface area contributed by atoms with Gasteiger partial charge in [0, 0.05) is 11.6 Å². The second-order valence-corrected chi connectivity index (χ2v) is 7.51. The first kappa shape index (κ1) is 15.5. The van der Waals surface area contributed by atoms with Crippen LogP contribution < -0.4 is 11.1 Å². The van der Waals surface area contributed by atoms with Gasteiger partial charge in [-0.05, 0) is 24.6 Å². The lowest BCUT2D eigenvalue weighted by molar-refractivity contribution is 0.0935. The van der Waals surface area contributed by atoms with E-state index in [2.05, 4.69) is 10.3 Å². The highest BCUT2D eigenvalue weighted by molar-refractivity contribution is 7.90. The van der Waals surface area contributed by atoms with Gasteiger partial charge in [0.25, 0.3) is 5.91 Å². The van der Waals surface area contributed by atoms with Crippen molar-refractivity contribution in [3.05, 3.63) is 40.9 Å². The maximum Gasteiger partial charge on any atom is 0.271 e. The summed E-state index contributed by atoms with van der Waals surface area (Å²) < 4.78 is 22.8. The molecule has 0 saturated heterocycles. The van der Waals surface area contributed by atoms with Crippen LogP contribution in [0.25, 0.3) is 0 Å². The first-order valence-electron chi connectivity index (χ1n) is 6.09. The Bertz CT molecular complexity index is 751. The Morgan fingerprint density at radius 3 is 2.43 bits per heavy atom. The highest BCUT2D eigenvalue weighted by Crippen LogP contribution is 2.17. The highest BCUT2D eigenvalue weighted by atomic mass is 32.2. The Balaban J connectivity index is 2.10. The van der Waals surface area contributed by atoms with Crippen LogP contribution in [0.15, 0.2) is 34.5 Å². The van der Waals surface area contributed by atoms with Gasteiger partial charge >= 0.3 is 0 Å². The van der Waals surface area contributed by atoms with Crippen molar-refractivity contribution in [2.45, 2.75) is 17.9 Å². The topological polar surface area (TPSA) is 102 Å². The minimum absolute atomic E-state index is 0.247. The van der Waals surface area contributed by atoms with Crippen molar-refractivity contribution in [3.63, 3.8) is 0 Å². The number of carbonyl (C=O) groups is 1. The van der Waals surface area contributed by atoms with Gasteiger partial charge in [-0.25, -0.2) is 13.4 Å². The summed E-state index contributed by atoms with van der Waals surface area (Å²) in [4.78, 5) is 16.1. The summed E-state index contributed by atoms with van der Waals surface area (Å²) in [6, 6.07) is 6.13. The fourth-order valence-electron chi connectivity index (χ4n) is 1.75. The van der Waals surface area contributed by atoms with Gasteiger partial charge in [-0.1, -0.05) is 12.1 Å². The molecule has 0 radical (unpaired) electrons. The van der Waals surface area contributed by atoms with E-state index in [4.69, 9.17) is 5.73 Å². The number of carbonyl (C=O) groups excluding carboxylic acids is 1. The maximum atomic E-state index is 11.9. The van der Waals surface area contributed by atoms with E-state index >= 15 is 0 Å². The first-order chi connectivity index (χ1) is 9.77. The summed E-state index contributed by atoms with van der Waals surface area (Å²) in [6.07, 6.45) is 1.15. The minimum atomic E-state index is -3.22. The number of aromatic nitrogens is 1. The van der Waals surface area contributed by atoms with E-state index in [1.54, 1.807) is 17.5 Å². The lowest BCUT2D eigenvalue weighted by Gasteiger charge is -2.13. The van der Waals surface area contributed by atoms with Crippen molar-refractivity contribution in [1.82, 2.24) is 10.3 Å². The monoisotopic (exact) mass is 325 g/mol. The van der Waals surface area contributed by atoms with E-state index in [1.165, 1.54) is 23.5 Å². The van der Waals surface area contributed by atoms with Crippen molar-refractivity contribution in [1.29, 1.82) is 0 Å². The summed E-state index contributed by atoms with van der Waals surface area (Å²) in [5, 5.41) is 4.71. The van der Waals surface area contributed by atoms with E-state index < -0.39 is 9.84 Å². The molecule has 3 N–H and O–H groups in total. The molecule has 0 aliphatic carbocycles. The van der Waals surface area contributed by atoms with Crippen molar-refractivity contribution in [2.75, 3.05) is 12.0 Å². The fourth-order valence-corrected chi connectivity index (χ4v) is 2.92. The Morgan fingerprint density at radius 1 is 1.33 bits per heavy atom. The number of sulfone groups is 1. The van der Waals surface area contributed by atoms with Crippen LogP contribution in [0.3, 0.4) is 0 Å². The van der Waals surface area contributed by atoms with Crippen molar-refractivity contribution in [3.8, 4) is 0 Å². The van der Waals surface area contributed by atoms with E-state index in [9.17, 15) is 13.2 Å². The summed E-state index contributed by atoms with van der Waals surface area (Å²) in [5.41, 5.74) is 6.57. The number of hydrogen-bond acceptors (Lipinski definition) is 6. The van der Waals surface area contributed by atoms with Gasteiger partial charge in [-0.2, -0.15) is 0 Å². The normalized spacial score (nSPS) is 12.9. The molecule has 1 heterocycles. The molecule has 1 aromatic carbocycles. The molecule has 0 aliphatic rings. The molecule has 2 aromatic rings. The number of anilines is 1. The molecule has 1 atom stereocenters. The number of rotatable bonds is 4. The lowest BCUT2D eigenvalue weighted by Crippen LogP contribution is -2.26. The van der Waals surface area contributed by atoms with Gasteiger partial charge in [0.15, 0.2) is 15.0 Å². The molecule has 112 valence electrons. The van der Waals surface area contributed by atoms with Gasteiger partial charge in [-0.15, -0.1) is 11.3 Å². The number of benzene rings is 1. The van der Waals surface area contributed by atoms with Crippen molar-refractivity contribution < 1.29 is 13.2 Å². The fraction of sp³-hybridized carbons (Fsp3) is 0.231. The number of nitrogens with one attached hydrogen (secondary N) is 1. The zero-order chi connectivity index (χ0) is 15.6. The molecule has 1 aromatic heterocycles. The standard InChI is InChI=1S/C13H15N3O3S2/c1-8(15-12(17)11-7-20-13(14)16-11)9-3-5-10(6-4-9)21(2,18)19/h3-8H,1-2H3,(H2,14,16)(H,15,17). The largest absolute Gasteiger partial charge is 0.375 e. The van der Waals surface area contributed by atoms with Crippen LogP contribution in [-0.2, 0) is 9.84 Å². The Kier molecular flexibility index (Phi) is 4.29. The summed E-state index contributed by atoms with van der Waals surface area (Å²) in [5.74, 6) is -0.317. The van der Waals surface area contributed by atoms with Crippen molar-refractivity contribution >= 4 is 32.2 Å². The Morgan fingerprint density at radius 2 is 1.95 bits per heavy atom. The molecule has 0 aliphatic heterocycles. The molecular formula is C13H15N3O3S2. The third kappa shape index (κ3) is 3.79. The first-order valence-corrected chi connectivity index (χ1v) is 8.86. The quantitative estimate of drug-likeness (QED) is 0.889. The second-order valence-electron chi connectivity index (χ2n) is 4.61. The molecule has 2 rings (SSSR count). The van der Waals surface area contributed by atoms with Crippen LogP contribution in [0.4, 0.5) is 5.13 Å². The summed E-state index contributed by atoms with van der Waals surface area (Å²) in [6.45, 7) is 1.81. The van der Waals surface area contributed by atoms with Crippen LogP contribution in [-0.4, -0.2) is 25.6 Å².